The lowest BCUT2D eigenvalue weighted by Crippen LogP contribution is -2.19. The lowest BCUT2D eigenvalue weighted by Gasteiger charge is -2.15. The van der Waals surface area contributed by atoms with E-state index in [-0.39, 0.29) is 38.0 Å². The molecule has 4 aromatic rings. The van der Waals surface area contributed by atoms with E-state index in [1.54, 1.807) is 48.5 Å². The second kappa shape index (κ2) is 10.5. The standard InChI is InChI=1S/C27H20Cl2N2O4S/c1-17-10-13-19(14-11-17)36(34,35)31-25-9-5-3-7-21(25)27(33)30-24-15-12-18(28)16-22(24)26(32)20-6-2-4-8-23(20)29/h2-16,31H,1H3,(H,30,33). The van der Waals surface area contributed by atoms with Crippen LogP contribution in [0.3, 0.4) is 0 Å². The van der Waals surface area contributed by atoms with E-state index in [0.29, 0.717) is 5.02 Å². The number of carbonyl (C=O) groups excluding carboxylic acids is 2. The molecular weight excluding hydrogens is 519 g/mol. The van der Waals surface area contributed by atoms with Crippen molar-refractivity contribution in [2.24, 2.45) is 0 Å². The van der Waals surface area contributed by atoms with Gasteiger partial charge in [-0.05, 0) is 61.5 Å². The van der Waals surface area contributed by atoms with Crippen molar-refractivity contribution in [2.75, 3.05) is 10.0 Å². The summed E-state index contributed by atoms with van der Waals surface area (Å²) in [4.78, 5) is 26.5. The van der Waals surface area contributed by atoms with Gasteiger partial charge in [0, 0.05) is 16.1 Å². The van der Waals surface area contributed by atoms with Crippen LogP contribution < -0.4 is 10.0 Å². The summed E-state index contributed by atoms with van der Waals surface area (Å²) in [6, 6.07) is 23.6. The lowest BCUT2D eigenvalue weighted by atomic mass is 10.0. The molecule has 4 rings (SSSR count). The molecule has 0 unspecified atom stereocenters. The molecule has 0 atom stereocenters. The molecule has 2 N–H and O–H groups in total. The van der Waals surface area contributed by atoms with Crippen LogP contribution in [0.15, 0.2) is 95.9 Å². The Balaban J connectivity index is 1.65. The average Bonchev–Trinajstić information content (AvgIpc) is 2.85. The molecule has 0 spiro atoms. The number of ketones is 1. The van der Waals surface area contributed by atoms with Crippen LogP contribution in [-0.4, -0.2) is 20.1 Å². The maximum absolute atomic E-state index is 13.2. The quantitative estimate of drug-likeness (QED) is 0.259. The van der Waals surface area contributed by atoms with Crippen LogP contribution in [-0.2, 0) is 10.0 Å². The molecule has 0 heterocycles. The van der Waals surface area contributed by atoms with Crippen LogP contribution in [0.25, 0.3) is 0 Å². The molecule has 182 valence electrons. The van der Waals surface area contributed by atoms with Crippen LogP contribution >= 0.6 is 23.2 Å². The third-order valence-electron chi connectivity index (χ3n) is 5.34. The fraction of sp³-hybridized carbons (Fsp3) is 0.0370. The monoisotopic (exact) mass is 538 g/mol. The molecule has 36 heavy (non-hydrogen) atoms. The van der Waals surface area contributed by atoms with Gasteiger partial charge in [0.25, 0.3) is 15.9 Å². The lowest BCUT2D eigenvalue weighted by molar-refractivity contribution is 0.102. The molecule has 6 nitrogen and oxygen atoms in total. The molecule has 0 aliphatic carbocycles. The summed E-state index contributed by atoms with van der Waals surface area (Å²) in [6.07, 6.45) is 0. The van der Waals surface area contributed by atoms with Crippen molar-refractivity contribution >= 4 is 56.3 Å². The molecule has 0 radical (unpaired) electrons. The molecule has 0 saturated heterocycles. The number of hydrogen-bond acceptors (Lipinski definition) is 4. The number of halogens is 2. The first-order valence-electron chi connectivity index (χ1n) is 10.7. The number of benzene rings is 4. The second-order valence-electron chi connectivity index (χ2n) is 7.92. The van der Waals surface area contributed by atoms with Crippen molar-refractivity contribution in [3.05, 3.63) is 123 Å². The first kappa shape index (κ1) is 25.4. The number of amides is 1. The topological polar surface area (TPSA) is 92.3 Å². The molecule has 0 aromatic heterocycles. The van der Waals surface area contributed by atoms with Crippen molar-refractivity contribution in [1.29, 1.82) is 0 Å². The molecule has 0 bridgehead atoms. The van der Waals surface area contributed by atoms with E-state index < -0.39 is 21.7 Å². The minimum Gasteiger partial charge on any atom is -0.321 e. The van der Waals surface area contributed by atoms with Gasteiger partial charge in [0.1, 0.15) is 0 Å². The van der Waals surface area contributed by atoms with Crippen LogP contribution in [0.5, 0.6) is 0 Å². The summed E-state index contributed by atoms with van der Waals surface area (Å²) in [7, 11) is -3.94. The highest BCUT2D eigenvalue weighted by molar-refractivity contribution is 7.92. The molecule has 0 saturated carbocycles. The smallest absolute Gasteiger partial charge is 0.261 e. The summed E-state index contributed by atoms with van der Waals surface area (Å²) in [5, 5.41) is 3.26. The van der Waals surface area contributed by atoms with Crippen molar-refractivity contribution in [3.8, 4) is 0 Å². The van der Waals surface area contributed by atoms with Gasteiger partial charge in [-0.15, -0.1) is 0 Å². The largest absolute Gasteiger partial charge is 0.321 e. The Labute approximate surface area is 218 Å². The zero-order chi connectivity index (χ0) is 25.9. The van der Waals surface area contributed by atoms with Crippen molar-refractivity contribution in [1.82, 2.24) is 0 Å². The van der Waals surface area contributed by atoms with Gasteiger partial charge in [0.2, 0.25) is 0 Å². The Morgan fingerprint density at radius 2 is 1.36 bits per heavy atom. The number of rotatable bonds is 7. The summed E-state index contributed by atoms with van der Waals surface area (Å²) in [6.45, 7) is 1.85. The molecule has 0 fully saturated rings. The van der Waals surface area contributed by atoms with Gasteiger partial charge < -0.3 is 5.32 Å². The zero-order valence-corrected chi connectivity index (χ0v) is 21.3. The SMILES string of the molecule is Cc1ccc(S(=O)(=O)Nc2ccccc2C(=O)Nc2ccc(Cl)cc2C(=O)c2ccccc2Cl)cc1. The van der Waals surface area contributed by atoms with Gasteiger partial charge in [-0.1, -0.05) is 65.2 Å². The van der Waals surface area contributed by atoms with Gasteiger partial charge in [-0.2, -0.15) is 0 Å². The molecule has 1 amide bonds. The first-order chi connectivity index (χ1) is 17.2. The van der Waals surface area contributed by atoms with E-state index in [2.05, 4.69) is 10.0 Å². The number of aryl methyl sites for hydroxylation is 1. The highest BCUT2D eigenvalue weighted by Gasteiger charge is 2.22. The van der Waals surface area contributed by atoms with Gasteiger partial charge >= 0.3 is 0 Å². The van der Waals surface area contributed by atoms with E-state index in [1.165, 1.54) is 42.5 Å². The number of nitrogens with one attached hydrogen (secondary N) is 2. The van der Waals surface area contributed by atoms with Gasteiger partial charge in [0.15, 0.2) is 5.78 Å². The maximum Gasteiger partial charge on any atom is 0.261 e. The van der Waals surface area contributed by atoms with E-state index in [4.69, 9.17) is 23.2 Å². The fourth-order valence-corrected chi connectivity index (χ4v) is 4.96. The van der Waals surface area contributed by atoms with Crippen molar-refractivity contribution in [2.45, 2.75) is 11.8 Å². The highest BCUT2D eigenvalue weighted by atomic mass is 35.5. The predicted molar refractivity (Wildman–Crippen MR) is 143 cm³/mol. The molecular formula is C27H20Cl2N2O4S. The van der Waals surface area contributed by atoms with Gasteiger partial charge in [-0.25, -0.2) is 8.42 Å². The van der Waals surface area contributed by atoms with Crippen molar-refractivity contribution in [3.63, 3.8) is 0 Å². The van der Waals surface area contributed by atoms with Gasteiger partial charge in [-0.3, -0.25) is 14.3 Å². The van der Waals surface area contributed by atoms with Crippen LogP contribution in [0, 0.1) is 6.92 Å². The van der Waals surface area contributed by atoms with Crippen molar-refractivity contribution < 1.29 is 18.0 Å². The Kier molecular flexibility index (Phi) is 7.45. The highest BCUT2D eigenvalue weighted by Crippen LogP contribution is 2.28. The summed E-state index contributed by atoms with van der Waals surface area (Å²) in [5.74, 6) is -1.04. The number of carbonyl (C=O) groups is 2. The van der Waals surface area contributed by atoms with Gasteiger partial charge in [0.05, 0.1) is 26.9 Å². The van der Waals surface area contributed by atoms with E-state index in [0.717, 1.165) is 5.56 Å². The Hall–Kier alpha value is -3.65. The number of hydrogen-bond donors (Lipinski definition) is 2. The zero-order valence-electron chi connectivity index (χ0n) is 19.0. The van der Waals surface area contributed by atoms with Crippen LogP contribution in [0.4, 0.5) is 11.4 Å². The first-order valence-corrected chi connectivity index (χ1v) is 13.0. The number of sulfonamides is 1. The summed E-state index contributed by atoms with van der Waals surface area (Å²) < 4.78 is 28.3. The third kappa shape index (κ3) is 5.60. The van der Waals surface area contributed by atoms with E-state index in [1.807, 2.05) is 6.92 Å². The third-order valence-corrected chi connectivity index (χ3v) is 7.29. The molecule has 9 heteroatoms. The average molecular weight is 539 g/mol. The Bertz CT molecular complexity index is 1570. The molecule has 0 aliphatic heterocycles. The predicted octanol–water partition coefficient (Wildman–Crippen LogP) is 6.59. The maximum atomic E-state index is 13.2. The van der Waals surface area contributed by atoms with Crippen LogP contribution in [0.2, 0.25) is 10.0 Å². The summed E-state index contributed by atoms with van der Waals surface area (Å²) >= 11 is 12.3. The molecule has 4 aromatic carbocycles. The number of anilines is 2. The minimum absolute atomic E-state index is 0.0636. The second-order valence-corrected chi connectivity index (χ2v) is 10.4. The van der Waals surface area contributed by atoms with E-state index in [9.17, 15) is 18.0 Å². The summed E-state index contributed by atoms with van der Waals surface area (Å²) in [5.41, 5.74) is 1.66. The normalized spacial score (nSPS) is 11.1. The van der Waals surface area contributed by atoms with Crippen LogP contribution in [0.1, 0.15) is 31.8 Å². The Morgan fingerprint density at radius 1 is 0.722 bits per heavy atom. The fourth-order valence-electron chi connectivity index (χ4n) is 3.48. The Morgan fingerprint density at radius 3 is 2.06 bits per heavy atom. The number of para-hydroxylation sites is 1. The minimum atomic E-state index is -3.94. The van der Waals surface area contributed by atoms with E-state index >= 15 is 0 Å². The molecule has 0 aliphatic rings.